The third-order valence-electron chi connectivity index (χ3n) is 3.12. The van der Waals surface area contributed by atoms with Gasteiger partial charge in [0.2, 0.25) is 0 Å². The lowest BCUT2D eigenvalue weighted by Crippen LogP contribution is -2.11. The summed E-state index contributed by atoms with van der Waals surface area (Å²) in [6.45, 7) is 1.86. The number of hydrogen-bond acceptors (Lipinski definition) is 4. The number of rotatable bonds is 2. The Morgan fingerprint density at radius 2 is 1.78 bits per heavy atom. The van der Waals surface area contributed by atoms with Crippen molar-refractivity contribution in [3.05, 3.63) is 35.8 Å². The van der Waals surface area contributed by atoms with E-state index in [1.54, 1.807) is 12.1 Å². The van der Waals surface area contributed by atoms with Crippen LogP contribution in [0.5, 0.6) is 0 Å². The van der Waals surface area contributed by atoms with Gasteiger partial charge in [0.1, 0.15) is 11.2 Å². The van der Waals surface area contributed by atoms with Crippen LogP contribution in [0.1, 0.15) is 17.2 Å². The van der Waals surface area contributed by atoms with Crippen LogP contribution in [-0.4, -0.2) is 16.2 Å². The van der Waals surface area contributed by atoms with E-state index < -0.39 is 12.1 Å². The average Bonchev–Trinajstić information content (AvgIpc) is 2.96. The van der Waals surface area contributed by atoms with Gasteiger partial charge >= 0.3 is 5.97 Å². The Labute approximate surface area is 101 Å². The number of carbonyl (C=O) groups is 1. The molecule has 2 aromatic heterocycles. The molecular formula is C13H10O5. The molecule has 0 saturated carbocycles. The van der Waals surface area contributed by atoms with Gasteiger partial charge in [-0.15, -0.1) is 0 Å². The van der Waals surface area contributed by atoms with E-state index in [1.807, 2.05) is 6.92 Å². The van der Waals surface area contributed by atoms with Crippen molar-refractivity contribution < 1.29 is 23.8 Å². The molecule has 5 nitrogen and oxygen atoms in total. The molecule has 1 aromatic carbocycles. The minimum absolute atomic E-state index is 0.233. The van der Waals surface area contributed by atoms with Gasteiger partial charge in [-0.2, -0.15) is 0 Å². The Balaban J connectivity index is 2.51. The maximum Gasteiger partial charge on any atom is 0.337 e. The molecule has 3 aromatic rings. The van der Waals surface area contributed by atoms with Gasteiger partial charge in [-0.25, -0.2) is 4.79 Å². The fourth-order valence-corrected chi connectivity index (χ4v) is 2.26. The highest BCUT2D eigenvalue weighted by Gasteiger charge is 2.26. The number of hydrogen-bond donors (Lipinski definition) is 2. The molecule has 0 aliphatic rings. The quantitative estimate of drug-likeness (QED) is 0.726. The first kappa shape index (κ1) is 10.9. The number of aliphatic hydroxyl groups excluding tert-OH is 1. The maximum atomic E-state index is 11.0. The lowest BCUT2D eigenvalue weighted by atomic mass is 9.98. The molecule has 0 fully saturated rings. The topological polar surface area (TPSA) is 83.8 Å². The molecule has 5 heteroatoms. The number of carboxylic acid groups (broad SMARTS) is 1. The zero-order valence-corrected chi connectivity index (χ0v) is 9.51. The third kappa shape index (κ3) is 1.28. The molecule has 0 radical (unpaired) electrons. The van der Waals surface area contributed by atoms with Crippen molar-refractivity contribution in [1.82, 2.24) is 0 Å². The fraction of sp³-hybridized carbons (Fsp3) is 0.154. The van der Waals surface area contributed by atoms with E-state index in [-0.39, 0.29) is 5.56 Å². The Kier molecular flexibility index (Phi) is 2.18. The number of fused-ring (bicyclic) bond motifs is 2. The van der Waals surface area contributed by atoms with E-state index in [0.29, 0.717) is 16.6 Å². The number of aliphatic hydroxyl groups is 1. The zero-order chi connectivity index (χ0) is 12.9. The monoisotopic (exact) mass is 246 g/mol. The second-order valence-corrected chi connectivity index (χ2v) is 4.11. The van der Waals surface area contributed by atoms with E-state index in [9.17, 15) is 9.90 Å². The van der Waals surface area contributed by atoms with Crippen LogP contribution >= 0.6 is 0 Å². The highest BCUT2D eigenvalue weighted by molar-refractivity contribution is 6.03. The summed E-state index contributed by atoms with van der Waals surface area (Å²) >= 11 is 0. The maximum absolute atomic E-state index is 11.0. The second-order valence-electron chi connectivity index (χ2n) is 4.11. The number of benzene rings is 1. The van der Waals surface area contributed by atoms with E-state index in [4.69, 9.17) is 13.9 Å². The van der Waals surface area contributed by atoms with Crippen molar-refractivity contribution in [2.24, 2.45) is 0 Å². The summed E-state index contributed by atoms with van der Waals surface area (Å²) in [6.07, 6.45) is 1.29. The van der Waals surface area contributed by atoms with Gasteiger partial charge in [0.15, 0.2) is 6.10 Å². The van der Waals surface area contributed by atoms with Crippen LogP contribution in [0.2, 0.25) is 0 Å². The normalized spacial score (nSPS) is 13.2. The second kappa shape index (κ2) is 3.61. The van der Waals surface area contributed by atoms with Crippen molar-refractivity contribution in [3.8, 4) is 0 Å². The highest BCUT2D eigenvalue weighted by atomic mass is 16.4. The molecule has 18 heavy (non-hydrogen) atoms. The van der Waals surface area contributed by atoms with Gasteiger partial charge in [0.25, 0.3) is 0 Å². The molecule has 0 amide bonds. The summed E-state index contributed by atoms with van der Waals surface area (Å²) in [7, 11) is 0. The average molecular weight is 246 g/mol. The van der Waals surface area contributed by atoms with Crippen molar-refractivity contribution in [2.45, 2.75) is 13.0 Å². The molecule has 92 valence electrons. The number of carboxylic acids is 1. The third-order valence-corrected chi connectivity index (χ3v) is 3.12. The first-order valence-corrected chi connectivity index (χ1v) is 5.39. The van der Waals surface area contributed by atoms with E-state index in [1.165, 1.54) is 12.5 Å². The van der Waals surface area contributed by atoms with E-state index >= 15 is 0 Å². The molecular weight excluding hydrogens is 236 g/mol. The highest BCUT2D eigenvalue weighted by Crippen LogP contribution is 2.37. The van der Waals surface area contributed by atoms with Crippen molar-refractivity contribution in [2.75, 3.05) is 0 Å². The lowest BCUT2D eigenvalue weighted by molar-refractivity contribution is -0.146. The van der Waals surface area contributed by atoms with Crippen molar-refractivity contribution >= 4 is 27.9 Å². The van der Waals surface area contributed by atoms with Gasteiger partial charge in [-0.1, -0.05) is 0 Å². The van der Waals surface area contributed by atoms with Crippen LogP contribution < -0.4 is 0 Å². The zero-order valence-electron chi connectivity index (χ0n) is 9.51. The Hall–Kier alpha value is -2.27. The minimum Gasteiger partial charge on any atom is -0.479 e. The van der Waals surface area contributed by atoms with Crippen LogP contribution in [-0.2, 0) is 4.79 Å². The van der Waals surface area contributed by atoms with Crippen molar-refractivity contribution in [3.63, 3.8) is 0 Å². The minimum atomic E-state index is -1.64. The van der Waals surface area contributed by atoms with Crippen LogP contribution in [0, 0.1) is 6.92 Å². The smallest absolute Gasteiger partial charge is 0.337 e. The van der Waals surface area contributed by atoms with Crippen LogP contribution in [0.3, 0.4) is 0 Å². The van der Waals surface area contributed by atoms with Gasteiger partial charge in [0.05, 0.1) is 12.5 Å². The SMILES string of the molecule is Cc1c2ccoc2c(C(O)C(=O)O)c2ccoc12. The van der Waals surface area contributed by atoms with Crippen LogP contribution in [0.15, 0.2) is 33.5 Å². The standard InChI is InChI=1S/C13H10O5/c1-6-7-2-4-18-12(7)9(10(14)13(15)16)8-3-5-17-11(6)8/h2-5,10,14H,1H3,(H,15,16). The molecule has 1 atom stereocenters. The molecule has 0 aliphatic heterocycles. The fourth-order valence-electron chi connectivity index (χ4n) is 2.26. The Morgan fingerprint density at radius 3 is 2.44 bits per heavy atom. The van der Waals surface area contributed by atoms with E-state index in [2.05, 4.69) is 0 Å². The lowest BCUT2D eigenvalue weighted by Gasteiger charge is -2.09. The number of aliphatic carboxylic acids is 1. The summed E-state index contributed by atoms with van der Waals surface area (Å²) in [5.74, 6) is -1.32. The molecule has 0 saturated heterocycles. The molecule has 0 bridgehead atoms. The molecule has 2 N–H and O–H groups in total. The predicted octanol–water partition coefficient (Wildman–Crippen LogP) is 2.61. The van der Waals surface area contributed by atoms with Gasteiger partial charge in [0, 0.05) is 21.9 Å². The summed E-state index contributed by atoms with van der Waals surface area (Å²) in [5.41, 5.74) is 2.05. The van der Waals surface area contributed by atoms with Gasteiger partial charge in [-0.3, -0.25) is 0 Å². The molecule has 0 aliphatic carbocycles. The van der Waals surface area contributed by atoms with Gasteiger partial charge in [-0.05, 0) is 19.1 Å². The van der Waals surface area contributed by atoms with Crippen LogP contribution in [0.25, 0.3) is 21.9 Å². The summed E-state index contributed by atoms with van der Waals surface area (Å²) in [5, 5.41) is 20.1. The largest absolute Gasteiger partial charge is 0.479 e. The molecule has 1 unspecified atom stereocenters. The predicted molar refractivity (Wildman–Crippen MR) is 63.3 cm³/mol. The van der Waals surface area contributed by atoms with Gasteiger partial charge < -0.3 is 19.0 Å². The Bertz CT molecular complexity index is 698. The summed E-state index contributed by atoms with van der Waals surface area (Å²) in [4.78, 5) is 11.0. The first-order chi connectivity index (χ1) is 8.61. The summed E-state index contributed by atoms with van der Waals surface area (Å²) < 4.78 is 10.7. The first-order valence-electron chi connectivity index (χ1n) is 5.39. The number of furan rings is 2. The summed E-state index contributed by atoms with van der Waals surface area (Å²) in [6, 6.07) is 3.36. The van der Waals surface area contributed by atoms with Crippen molar-refractivity contribution in [1.29, 1.82) is 0 Å². The van der Waals surface area contributed by atoms with Crippen LogP contribution in [0.4, 0.5) is 0 Å². The van der Waals surface area contributed by atoms with E-state index in [0.717, 1.165) is 10.9 Å². The number of aryl methyl sites for hydroxylation is 1. The molecule has 3 rings (SSSR count). The molecule has 0 spiro atoms. The molecule has 2 heterocycles. The Morgan fingerprint density at radius 1 is 1.17 bits per heavy atom.